The van der Waals surface area contributed by atoms with Gasteiger partial charge in [-0.3, -0.25) is 14.2 Å². The Balaban J connectivity index is 1.77. The van der Waals surface area contributed by atoms with Crippen LogP contribution < -0.4 is 5.56 Å². The van der Waals surface area contributed by atoms with E-state index in [2.05, 4.69) is 4.98 Å². The van der Waals surface area contributed by atoms with Crippen LogP contribution in [0.5, 0.6) is 0 Å². The molecule has 0 unspecified atom stereocenters. The molecule has 0 spiro atoms. The summed E-state index contributed by atoms with van der Waals surface area (Å²) < 4.78 is 2.14. The molecule has 0 radical (unpaired) electrons. The monoisotopic (exact) mass is 298 g/mol. The maximum atomic E-state index is 12.2. The van der Waals surface area contributed by atoms with Crippen molar-refractivity contribution in [3.63, 3.8) is 0 Å². The van der Waals surface area contributed by atoms with Gasteiger partial charge in [0.25, 0.3) is 5.56 Å². The molecule has 0 fully saturated rings. The van der Waals surface area contributed by atoms with Crippen LogP contribution in [0, 0.1) is 6.92 Å². The third kappa shape index (κ3) is 2.78. The minimum atomic E-state index is -0.0771. The third-order valence-corrected chi connectivity index (χ3v) is 4.28. The zero-order valence-electron chi connectivity index (χ0n) is 11.6. The van der Waals surface area contributed by atoms with E-state index in [1.165, 1.54) is 22.2 Å². The summed E-state index contributed by atoms with van der Waals surface area (Å²) in [5, 5.41) is 1.85. The minimum Gasteiger partial charge on any atom is -0.298 e. The molecule has 0 aliphatic rings. The zero-order valence-corrected chi connectivity index (χ0v) is 12.4. The van der Waals surface area contributed by atoms with Crippen LogP contribution in [0.4, 0.5) is 0 Å². The number of aromatic nitrogens is 2. The quantitative estimate of drug-likeness (QED) is 0.696. The van der Waals surface area contributed by atoms with Crippen molar-refractivity contribution in [1.29, 1.82) is 0 Å². The summed E-state index contributed by atoms with van der Waals surface area (Å²) in [6.45, 7) is 2.34. The van der Waals surface area contributed by atoms with Crippen molar-refractivity contribution in [2.24, 2.45) is 0 Å². The number of rotatable bonds is 4. The van der Waals surface area contributed by atoms with Crippen molar-refractivity contribution < 1.29 is 4.79 Å². The molecule has 0 amide bonds. The highest BCUT2D eigenvalue weighted by Gasteiger charge is 2.09. The molecule has 21 heavy (non-hydrogen) atoms. The van der Waals surface area contributed by atoms with E-state index in [0.717, 1.165) is 5.56 Å². The maximum Gasteiger partial charge on any atom is 0.271 e. The van der Waals surface area contributed by atoms with Gasteiger partial charge in [0.15, 0.2) is 5.78 Å². The molecule has 0 atom stereocenters. The standard InChI is InChI=1S/C16H14N2O2S/c1-11-2-4-12(5-3-11)14(19)6-8-18-10-17-13-7-9-21-15(13)16(18)20/h2-5,7,9-10H,6,8H2,1H3. The largest absolute Gasteiger partial charge is 0.298 e. The second-order valence-corrected chi connectivity index (χ2v) is 5.83. The molecule has 3 rings (SSSR count). The Morgan fingerprint density at radius 3 is 2.76 bits per heavy atom. The van der Waals surface area contributed by atoms with Crippen molar-refractivity contribution in [2.45, 2.75) is 19.9 Å². The highest BCUT2D eigenvalue weighted by atomic mass is 32.1. The van der Waals surface area contributed by atoms with E-state index in [9.17, 15) is 9.59 Å². The molecule has 106 valence electrons. The van der Waals surface area contributed by atoms with E-state index in [1.54, 1.807) is 0 Å². The Labute approximate surface area is 125 Å². The summed E-state index contributed by atoms with van der Waals surface area (Å²) in [5.41, 5.74) is 2.44. The molecular weight excluding hydrogens is 284 g/mol. The lowest BCUT2D eigenvalue weighted by molar-refractivity contribution is 0.0976. The van der Waals surface area contributed by atoms with Gasteiger partial charge in [-0.25, -0.2) is 4.98 Å². The number of fused-ring (bicyclic) bond motifs is 1. The van der Waals surface area contributed by atoms with Gasteiger partial charge in [-0.15, -0.1) is 11.3 Å². The molecule has 0 N–H and O–H groups in total. The summed E-state index contributed by atoms with van der Waals surface area (Å²) >= 11 is 1.38. The van der Waals surface area contributed by atoms with Crippen LogP contribution in [0.1, 0.15) is 22.3 Å². The molecule has 1 aromatic carbocycles. The minimum absolute atomic E-state index is 0.0353. The second kappa shape index (κ2) is 5.61. The molecular formula is C16H14N2O2S. The lowest BCUT2D eigenvalue weighted by Gasteiger charge is -2.05. The SMILES string of the molecule is Cc1ccc(C(=O)CCn2cnc3ccsc3c2=O)cc1. The van der Waals surface area contributed by atoms with Crippen LogP contribution in [-0.4, -0.2) is 15.3 Å². The highest BCUT2D eigenvalue weighted by Crippen LogP contribution is 2.13. The first kappa shape index (κ1) is 13.7. The first-order valence-electron chi connectivity index (χ1n) is 6.67. The maximum absolute atomic E-state index is 12.2. The van der Waals surface area contributed by atoms with E-state index in [4.69, 9.17) is 0 Å². The van der Waals surface area contributed by atoms with Crippen molar-refractivity contribution in [3.05, 3.63) is 63.5 Å². The van der Waals surface area contributed by atoms with Gasteiger partial charge in [-0.2, -0.15) is 0 Å². The summed E-state index contributed by atoms with van der Waals surface area (Å²) in [5.74, 6) is 0.0353. The van der Waals surface area contributed by atoms with Crippen LogP contribution >= 0.6 is 11.3 Å². The Morgan fingerprint density at radius 1 is 1.24 bits per heavy atom. The van der Waals surface area contributed by atoms with Crippen molar-refractivity contribution in [1.82, 2.24) is 9.55 Å². The lowest BCUT2D eigenvalue weighted by Crippen LogP contribution is -2.21. The molecule has 2 heterocycles. The molecule has 3 aromatic rings. The fourth-order valence-electron chi connectivity index (χ4n) is 2.14. The topological polar surface area (TPSA) is 52.0 Å². The first-order chi connectivity index (χ1) is 10.1. The lowest BCUT2D eigenvalue weighted by atomic mass is 10.1. The number of thiophene rings is 1. The van der Waals surface area contributed by atoms with E-state index >= 15 is 0 Å². The number of benzene rings is 1. The summed E-state index contributed by atoms with van der Waals surface area (Å²) in [6, 6.07) is 9.29. The fourth-order valence-corrected chi connectivity index (χ4v) is 2.94. The number of hydrogen-bond donors (Lipinski definition) is 0. The van der Waals surface area contributed by atoms with Gasteiger partial charge in [0.1, 0.15) is 4.70 Å². The fraction of sp³-hybridized carbons (Fsp3) is 0.188. The molecule has 5 heteroatoms. The van der Waals surface area contributed by atoms with E-state index < -0.39 is 0 Å². The van der Waals surface area contributed by atoms with Crippen molar-refractivity contribution >= 4 is 27.3 Å². The van der Waals surface area contributed by atoms with Gasteiger partial charge >= 0.3 is 0 Å². The Hall–Kier alpha value is -2.27. The number of hydrogen-bond acceptors (Lipinski definition) is 4. The van der Waals surface area contributed by atoms with E-state index in [1.807, 2.05) is 42.6 Å². The Kier molecular flexibility index (Phi) is 3.66. The number of Topliss-reactive ketones (excluding diaryl/α,β-unsaturated/α-hetero) is 1. The van der Waals surface area contributed by atoms with Gasteiger partial charge in [-0.1, -0.05) is 29.8 Å². The molecule has 0 aliphatic carbocycles. The van der Waals surface area contributed by atoms with Gasteiger partial charge in [0.05, 0.1) is 11.8 Å². The van der Waals surface area contributed by atoms with Crippen LogP contribution in [-0.2, 0) is 6.54 Å². The predicted octanol–water partition coefficient (Wildman–Crippen LogP) is 3.04. The highest BCUT2D eigenvalue weighted by molar-refractivity contribution is 7.17. The number of nitrogens with zero attached hydrogens (tertiary/aromatic N) is 2. The van der Waals surface area contributed by atoms with Crippen LogP contribution in [0.2, 0.25) is 0 Å². The second-order valence-electron chi connectivity index (χ2n) is 4.92. The third-order valence-electron chi connectivity index (χ3n) is 3.39. The Bertz CT molecular complexity index is 847. The summed E-state index contributed by atoms with van der Waals surface area (Å²) in [4.78, 5) is 28.6. The normalized spacial score (nSPS) is 10.9. The smallest absolute Gasteiger partial charge is 0.271 e. The van der Waals surface area contributed by atoms with Crippen LogP contribution in [0.25, 0.3) is 10.2 Å². The number of carbonyl (C=O) groups is 1. The van der Waals surface area contributed by atoms with Crippen molar-refractivity contribution in [3.8, 4) is 0 Å². The first-order valence-corrected chi connectivity index (χ1v) is 7.55. The number of ketones is 1. The zero-order chi connectivity index (χ0) is 14.8. The van der Waals surface area contributed by atoms with Gasteiger partial charge in [0.2, 0.25) is 0 Å². The van der Waals surface area contributed by atoms with Crippen LogP contribution in [0.15, 0.2) is 46.8 Å². The average molecular weight is 298 g/mol. The predicted molar refractivity (Wildman–Crippen MR) is 84.0 cm³/mol. The summed E-state index contributed by atoms with van der Waals surface area (Å²) in [6.07, 6.45) is 1.81. The number of aryl methyl sites for hydroxylation is 2. The van der Waals surface area contributed by atoms with Gasteiger partial charge in [-0.05, 0) is 18.4 Å². The van der Waals surface area contributed by atoms with Gasteiger partial charge in [0, 0.05) is 18.5 Å². The molecule has 0 saturated heterocycles. The molecule has 0 bridgehead atoms. The number of carbonyl (C=O) groups excluding carboxylic acids is 1. The average Bonchev–Trinajstić information content (AvgIpc) is 2.96. The van der Waals surface area contributed by atoms with E-state index in [-0.39, 0.29) is 11.3 Å². The van der Waals surface area contributed by atoms with E-state index in [0.29, 0.717) is 28.7 Å². The Morgan fingerprint density at radius 2 is 2.00 bits per heavy atom. The van der Waals surface area contributed by atoms with Crippen molar-refractivity contribution in [2.75, 3.05) is 0 Å². The molecule has 0 aliphatic heterocycles. The summed E-state index contributed by atoms with van der Waals surface area (Å²) in [7, 11) is 0. The molecule has 4 nitrogen and oxygen atoms in total. The molecule has 2 aromatic heterocycles. The van der Waals surface area contributed by atoms with Gasteiger partial charge < -0.3 is 0 Å². The van der Waals surface area contributed by atoms with Crippen LogP contribution in [0.3, 0.4) is 0 Å². The molecule has 0 saturated carbocycles.